The van der Waals surface area contributed by atoms with Crippen molar-refractivity contribution in [1.29, 1.82) is 5.26 Å². The van der Waals surface area contributed by atoms with Crippen molar-refractivity contribution in [2.45, 2.75) is 19.6 Å². The van der Waals surface area contributed by atoms with E-state index in [2.05, 4.69) is 11.4 Å². The Morgan fingerprint density at radius 1 is 0.976 bits per heavy atom. The smallest absolute Gasteiger partial charge is 0.262 e. The van der Waals surface area contributed by atoms with E-state index >= 15 is 0 Å². The maximum Gasteiger partial charge on any atom is 0.262 e. The van der Waals surface area contributed by atoms with E-state index in [9.17, 15) is 10.1 Å². The lowest BCUT2D eigenvalue weighted by Gasteiger charge is -2.13. The van der Waals surface area contributed by atoms with Gasteiger partial charge in [-0.2, -0.15) is 10.4 Å². The second-order valence-electron chi connectivity index (χ2n) is 9.43. The van der Waals surface area contributed by atoms with Gasteiger partial charge in [0.05, 0.1) is 17.4 Å². The van der Waals surface area contributed by atoms with Gasteiger partial charge in [-0.15, -0.1) is 0 Å². The molecular weight excluding hydrogens is 532 g/mol. The third-order valence-electron chi connectivity index (χ3n) is 6.52. The summed E-state index contributed by atoms with van der Waals surface area (Å²) in [5.41, 5.74) is 4.91. The first-order valence-electron chi connectivity index (χ1n) is 13.1. The van der Waals surface area contributed by atoms with Gasteiger partial charge >= 0.3 is 0 Å². The average molecular weight is 559 g/mol. The van der Waals surface area contributed by atoms with Crippen LogP contribution in [0.15, 0.2) is 121 Å². The summed E-state index contributed by atoms with van der Waals surface area (Å²) in [6.45, 7) is 2.30. The predicted molar refractivity (Wildman–Crippen MR) is 161 cm³/mol. The van der Waals surface area contributed by atoms with E-state index in [1.54, 1.807) is 10.8 Å². The van der Waals surface area contributed by atoms with Crippen molar-refractivity contribution in [1.82, 2.24) is 15.1 Å². The van der Waals surface area contributed by atoms with E-state index in [1.807, 2.05) is 122 Å². The highest BCUT2D eigenvalue weighted by atomic mass is 35.5. The number of nitrogens with one attached hydrogen (secondary N) is 1. The number of hydrogen-bond donors (Lipinski definition) is 1. The van der Waals surface area contributed by atoms with Crippen LogP contribution >= 0.6 is 11.6 Å². The third kappa shape index (κ3) is 6.91. The summed E-state index contributed by atoms with van der Waals surface area (Å²) < 4.78 is 7.68. The Morgan fingerprint density at radius 2 is 1.63 bits per heavy atom. The second-order valence-corrected chi connectivity index (χ2v) is 9.86. The quantitative estimate of drug-likeness (QED) is 0.149. The molecule has 0 spiro atoms. The zero-order valence-electron chi connectivity index (χ0n) is 22.4. The van der Waals surface area contributed by atoms with Gasteiger partial charge in [-0.05, 0) is 72.7 Å². The minimum Gasteiger partial charge on any atom is -0.489 e. The van der Waals surface area contributed by atoms with Crippen molar-refractivity contribution in [3.05, 3.63) is 143 Å². The molecule has 0 fully saturated rings. The molecule has 41 heavy (non-hydrogen) atoms. The second kappa shape index (κ2) is 12.8. The van der Waals surface area contributed by atoms with E-state index in [0.29, 0.717) is 28.6 Å². The van der Waals surface area contributed by atoms with Gasteiger partial charge in [0.25, 0.3) is 5.91 Å². The normalized spacial score (nSPS) is 11.9. The van der Waals surface area contributed by atoms with E-state index < -0.39 is 5.91 Å². The molecule has 0 bridgehead atoms. The zero-order valence-corrected chi connectivity index (χ0v) is 23.1. The topological polar surface area (TPSA) is 79.9 Å². The molecule has 1 aromatic heterocycles. The predicted octanol–water partition coefficient (Wildman–Crippen LogP) is 7.56. The molecule has 202 valence electrons. The van der Waals surface area contributed by atoms with Gasteiger partial charge < -0.3 is 10.1 Å². The maximum atomic E-state index is 13.1. The lowest BCUT2D eigenvalue weighted by molar-refractivity contribution is -0.117. The van der Waals surface area contributed by atoms with Crippen LogP contribution in [0, 0.1) is 11.3 Å². The van der Waals surface area contributed by atoms with Crippen molar-refractivity contribution in [3.8, 4) is 28.8 Å². The summed E-state index contributed by atoms with van der Waals surface area (Å²) in [5.74, 6) is 0.253. The third-order valence-corrected chi connectivity index (χ3v) is 6.77. The van der Waals surface area contributed by atoms with Gasteiger partial charge in [0.1, 0.15) is 24.0 Å². The van der Waals surface area contributed by atoms with Crippen LogP contribution in [-0.2, 0) is 11.4 Å². The van der Waals surface area contributed by atoms with Crippen molar-refractivity contribution < 1.29 is 9.53 Å². The largest absolute Gasteiger partial charge is 0.489 e. The standard InChI is InChI=1S/C34H27ClN4O2/c1-24(26-8-4-2-5-9-26)37-34(40)28(21-36)20-29-22-39(31-10-6-3-7-11-31)38-33(29)27-14-18-32(19-15-27)41-23-25-12-16-30(35)17-13-25/h2-20,22,24H,23H2,1H3,(H,37,40)/b28-20+/t24-/m1/s1. The number of carbonyl (C=O) groups excluding carboxylic acids is 1. The SMILES string of the molecule is C[C@@H](NC(=O)/C(C#N)=C/c1cn(-c2ccccc2)nc1-c1ccc(OCc2ccc(Cl)cc2)cc1)c1ccccc1. The first kappa shape index (κ1) is 27.4. The average Bonchev–Trinajstić information content (AvgIpc) is 3.44. The fourth-order valence-corrected chi connectivity index (χ4v) is 4.42. The van der Waals surface area contributed by atoms with E-state index in [4.69, 9.17) is 21.4 Å². The lowest BCUT2D eigenvalue weighted by atomic mass is 10.0. The summed E-state index contributed by atoms with van der Waals surface area (Å²) in [6, 6.07) is 36.2. The molecule has 0 unspecified atom stereocenters. The Labute approximate surface area is 244 Å². The molecule has 6 nitrogen and oxygen atoms in total. The summed E-state index contributed by atoms with van der Waals surface area (Å²) in [5, 5.41) is 18.3. The summed E-state index contributed by atoms with van der Waals surface area (Å²) in [4.78, 5) is 13.1. The van der Waals surface area contributed by atoms with Gasteiger partial charge in [-0.1, -0.05) is 72.3 Å². The molecule has 1 heterocycles. The van der Waals surface area contributed by atoms with E-state index in [1.165, 1.54) is 0 Å². The van der Waals surface area contributed by atoms with Crippen LogP contribution < -0.4 is 10.1 Å². The highest BCUT2D eigenvalue weighted by Crippen LogP contribution is 2.28. The summed E-state index contributed by atoms with van der Waals surface area (Å²) >= 11 is 5.97. The molecular formula is C34H27ClN4O2. The van der Waals surface area contributed by atoms with Gasteiger partial charge in [-0.25, -0.2) is 4.68 Å². The number of carbonyl (C=O) groups is 1. The Hall–Kier alpha value is -5.12. The number of nitriles is 1. The Morgan fingerprint density at radius 3 is 2.29 bits per heavy atom. The van der Waals surface area contributed by atoms with Gasteiger partial charge in [-0.3, -0.25) is 4.79 Å². The first-order valence-corrected chi connectivity index (χ1v) is 13.5. The summed E-state index contributed by atoms with van der Waals surface area (Å²) in [6.07, 6.45) is 3.40. The van der Waals surface area contributed by atoms with Crippen LogP contribution in [-0.4, -0.2) is 15.7 Å². The molecule has 1 amide bonds. The number of para-hydroxylation sites is 1. The van der Waals surface area contributed by atoms with E-state index in [0.717, 1.165) is 22.4 Å². The summed E-state index contributed by atoms with van der Waals surface area (Å²) in [7, 11) is 0. The van der Waals surface area contributed by atoms with Crippen molar-refractivity contribution >= 4 is 23.6 Å². The molecule has 0 aliphatic rings. The first-order chi connectivity index (χ1) is 20.0. The Kier molecular flexibility index (Phi) is 8.58. The number of ether oxygens (including phenoxy) is 1. The zero-order chi connectivity index (χ0) is 28.6. The van der Waals surface area contributed by atoms with Crippen LogP contribution in [0.4, 0.5) is 0 Å². The highest BCUT2D eigenvalue weighted by molar-refractivity contribution is 6.30. The molecule has 0 saturated heterocycles. The van der Waals surface area contributed by atoms with Crippen LogP contribution in [0.25, 0.3) is 23.0 Å². The van der Waals surface area contributed by atoms with E-state index in [-0.39, 0.29) is 11.6 Å². The molecule has 0 aliphatic heterocycles. The van der Waals surface area contributed by atoms with Crippen LogP contribution in [0.3, 0.4) is 0 Å². The molecule has 1 N–H and O–H groups in total. The Balaban J connectivity index is 1.42. The number of halogens is 1. The fourth-order valence-electron chi connectivity index (χ4n) is 4.29. The van der Waals surface area contributed by atoms with Crippen LogP contribution in [0.2, 0.25) is 5.02 Å². The highest BCUT2D eigenvalue weighted by Gasteiger charge is 2.17. The number of hydrogen-bond acceptors (Lipinski definition) is 4. The van der Waals surface area contributed by atoms with Gasteiger partial charge in [0, 0.05) is 22.3 Å². The number of benzene rings is 4. The molecule has 5 rings (SSSR count). The van der Waals surface area contributed by atoms with Crippen molar-refractivity contribution in [3.63, 3.8) is 0 Å². The molecule has 0 aliphatic carbocycles. The number of rotatable bonds is 9. The molecule has 4 aromatic carbocycles. The number of nitrogens with zero attached hydrogens (tertiary/aromatic N) is 3. The maximum absolute atomic E-state index is 13.1. The molecule has 7 heteroatoms. The van der Waals surface area contributed by atoms with Crippen LogP contribution in [0.1, 0.15) is 29.7 Å². The van der Waals surface area contributed by atoms with Crippen LogP contribution in [0.5, 0.6) is 5.75 Å². The minimum atomic E-state index is -0.451. The monoisotopic (exact) mass is 558 g/mol. The fraction of sp³-hybridized carbons (Fsp3) is 0.0882. The lowest BCUT2D eigenvalue weighted by Crippen LogP contribution is -2.27. The minimum absolute atomic E-state index is 0.00967. The molecule has 5 aromatic rings. The van der Waals surface area contributed by atoms with Gasteiger partial charge in [0.15, 0.2) is 0 Å². The van der Waals surface area contributed by atoms with Crippen molar-refractivity contribution in [2.75, 3.05) is 0 Å². The van der Waals surface area contributed by atoms with Crippen molar-refractivity contribution in [2.24, 2.45) is 0 Å². The molecule has 0 radical (unpaired) electrons. The van der Waals surface area contributed by atoms with Gasteiger partial charge in [0.2, 0.25) is 0 Å². The Bertz CT molecular complexity index is 1690. The molecule has 0 saturated carbocycles. The molecule has 1 atom stereocenters. The number of amides is 1. The number of aromatic nitrogens is 2.